The molecule has 0 unspecified atom stereocenters. The van der Waals surface area contributed by atoms with Crippen molar-refractivity contribution in [2.45, 2.75) is 31.2 Å². The second kappa shape index (κ2) is 11.4. The highest BCUT2D eigenvalue weighted by Gasteiger charge is 2.23. The highest BCUT2D eigenvalue weighted by molar-refractivity contribution is 7.89. The van der Waals surface area contributed by atoms with E-state index in [-0.39, 0.29) is 11.3 Å². The van der Waals surface area contributed by atoms with Crippen LogP contribution in [0, 0.1) is 6.92 Å². The summed E-state index contributed by atoms with van der Waals surface area (Å²) in [5.41, 5.74) is 4.69. The van der Waals surface area contributed by atoms with E-state index in [1.165, 1.54) is 25.3 Å². The number of nitrogens with one attached hydrogen (secondary N) is 2. The largest absolute Gasteiger partial charge is 0.427 e. The summed E-state index contributed by atoms with van der Waals surface area (Å²) < 4.78 is 33.4. The Morgan fingerprint density at radius 3 is 2.24 bits per heavy atom. The Bertz CT molecular complexity index is 1260. The van der Waals surface area contributed by atoms with Gasteiger partial charge in [0.15, 0.2) is 0 Å². The first-order valence-electron chi connectivity index (χ1n) is 10.5. The van der Waals surface area contributed by atoms with Crippen molar-refractivity contribution >= 4 is 28.1 Å². The van der Waals surface area contributed by atoms with Crippen LogP contribution in [-0.2, 0) is 19.6 Å². The topological polar surface area (TPSA) is 114 Å². The fourth-order valence-corrected chi connectivity index (χ4v) is 4.31. The van der Waals surface area contributed by atoms with E-state index < -0.39 is 27.9 Å². The van der Waals surface area contributed by atoms with E-state index in [9.17, 15) is 18.0 Å². The molecule has 1 atom stereocenters. The van der Waals surface area contributed by atoms with Gasteiger partial charge in [0.25, 0.3) is 0 Å². The Kier molecular flexibility index (Phi) is 8.29. The molecule has 0 heterocycles. The first-order chi connectivity index (χ1) is 16.2. The third-order valence-corrected chi connectivity index (χ3v) is 6.25. The molecule has 0 aliphatic carbocycles. The zero-order valence-electron chi connectivity index (χ0n) is 18.8. The first-order valence-corrected chi connectivity index (χ1v) is 12.0. The molecule has 0 aliphatic heterocycles. The lowest BCUT2D eigenvalue weighted by atomic mass is 10.0. The Labute approximate surface area is 198 Å². The van der Waals surface area contributed by atoms with Crippen molar-refractivity contribution in [2.24, 2.45) is 5.10 Å². The summed E-state index contributed by atoms with van der Waals surface area (Å²) >= 11 is 0. The number of aryl methyl sites for hydroxylation is 1. The van der Waals surface area contributed by atoms with Crippen molar-refractivity contribution in [3.63, 3.8) is 0 Å². The van der Waals surface area contributed by atoms with Gasteiger partial charge in [-0.2, -0.15) is 5.10 Å². The molecule has 2 N–H and O–H groups in total. The molecule has 3 aromatic carbocycles. The molecule has 8 nitrogen and oxygen atoms in total. The predicted octanol–water partition coefficient (Wildman–Crippen LogP) is 3.48. The van der Waals surface area contributed by atoms with Crippen molar-refractivity contribution in [1.82, 2.24) is 10.1 Å². The summed E-state index contributed by atoms with van der Waals surface area (Å²) in [4.78, 5) is 23.6. The Morgan fingerprint density at radius 1 is 0.971 bits per heavy atom. The smallest absolute Gasteiger partial charge is 0.308 e. The second-order valence-electron chi connectivity index (χ2n) is 7.56. The lowest BCUT2D eigenvalue weighted by Gasteiger charge is -2.18. The van der Waals surface area contributed by atoms with Crippen LogP contribution in [-0.4, -0.2) is 26.5 Å². The van der Waals surface area contributed by atoms with Crippen LogP contribution in [0.1, 0.15) is 36.1 Å². The van der Waals surface area contributed by atoms with Crippen LogP contribution in [0.3, 0.4) is 0 Å². The monoisotopic (exact) mass is 479 g/mol. The van der Waals surface area contributed by atoms with Gasteiger partial charge in [-0.15, -0.1) is 0 Å². The van der Waals surface area contributed by atoms with Crippen molar-refractivity contribution in [2.75, 3.05) is 0 Å². The average molecular weight is 480 g/mol. The molecule has 3 aromatic rings. The molecule has 0 aromatic heterocycles. The molecule has 176 valence electrons. The molecule has 9 heteroatoms. The number of benzene rings is 3. The Morgan fingerprint density at radius 2 is 1.62 bits per heavy atom. The van der Waals surface area contributed by atoms with E-state index in [0.29, 0.717) is 16.9 Å². The molecule has 0 saturated heterocycles. The molecule has 34 heavy (non-hydrogen) atoms. The molecule has 0 aliphatic rings. The lowest BCUT2D eigenvalue weighted by molar-refractivity contribution is -0.131. The van der Waals surface area contributed by atoms with E-state index in [2.05, 4.69) is 15.2 Å². The maximum Gasteiger partial charge on any atom is 0.308 e. The number of amides is 1. The summed E-state index contributed by atoms with van der Waals surface area (Å²) in [7, 11) is -3.85. The van der Waals surface area contributed by atoms with Crippen LogP contribution in [0.2, 0.25) is 0 Å². The van der Waals surface area contributed by atoms with Gasteiger partial charge < -0.3 is 4.74 Å². The Balaban J connectivity index is 1.68. The minimum absolute atomic E-state index is 0.120. The van der Waals surface area contributed by atoms with Gasteiger partial charge in [0.1, 0.15) is 5.75 Å². The van der Waals surface area contributed by atoms with E-state index in [1.54, 1.807) is 60.7 Å². The van der Waals surface area contributed by atoms with Crippen LogP contribution in [0.25, 0.3) is 0 Å². The summed E-state index contributed by atoms with van der Waals surface area (Å²) in [6.07, 6.45) is 1.28. The summed E-state index contributed by atoms with van der Waals surface area (Å²) in [5, 5.41) is 3.93. The third kappa shape index (κ3) is 7.36. The lowest BCUT2D eigenvalue weighted by Crippen LogP contribution is -2.32. The van der Waals surface area contributed by atoms with Gasteiger partial charge in [0.2, 0.25) is 15.9 Å². The van der Waals surface area contributed by atoms with Crippen LogP contribution in [0.15, 0.2) is 88.9 Å². The van der Waals surface area contributed by atoms with Crippen LogP contribution < -0.4 is 14.9 Å². The zero-order valence-corrected chi connectivity index (χ0v) is 19.6. The number of rotatable bonds is 9. The summed E-state index contributed by atoms with van der Waals surface area (Å²) in [5.74, 6) is -0.479. The molecule has 0 bridgehead atoms. The van der Waals surface area contributed by atoms with Gasteiger partial charge in [-0.25, -0.2) is 18.6 Å². The maximum absolute atomic E-state index is 12.9. The van der Waals surface area contributed by atoms with Gasteiger partial charge in [-0.1, -0.05) is 48.0 Å². The highest BCUT2D eigenvalue weighted by atomic mass is 32.2. The number of esters is 1. The average Bonchev–Trinajstić information content (AvgIpc) is 2.80. The molecule has 1 amide bonds. The van der Waals surface area contributed by atoms with E-state index in [4.69, 9.17) is 4.74 Å². The van der Waals surface area contributed by atoms with E-state index >= 15 is 0 Å². The number of ether oxygens (including phenoxy) is 1. The number of nitrogens with zero attached hydrogens (tertiary/aromatic N) is 1. The summed E-state index contributed by atoms with van der Waals surface area (Å²) in [6.45, 7) is 3.18. The fraction of sp³-hybridized carbons (Fsp3) is 0.160. The SMILES string of the molecule is CC(=O)Oc1ccc(/C=N\NC(=O)C[C@H](NS(=O)(=O)c2ccc(C)cc2)c2ccccc2)cc1. The molecule has 0 fully saturated rings. The zero-order chi connectivity index (χ0) is 24.6. The van der Waals surface area contributed by atoms with Crippen molar-refractivity contribution < 1.29 is 22.7 Å². The standard InChI is InChI=1S/C25H25N3O5S/c1-18-8-14-23(15-9-18)34(31,32)28-24(21-6-4-3-5-7-21)16-25(30)27-26-17-20-10-12-22(13-11-20)33-19(2)29/h3-15,17,24,28H,16H2,1-2H3,(H,27,30)/b26-17-/t24-/m0/s1. The van der Waals surface area contributed by atoms with Crippen LogP contribution in [0.5, 0.6) is 5.75 Å². The van der Waals surface area contributed by atoms with Crippen LogP contribution in [0.4, 0.5) is 0 Å². The Hall–Kier alpha value is -3.82. The normalized spacial score (nSPS) is 12.3. The van der Waals surface area contributed by atoms with Crippen molar-refractivity contribution in [3.05, 3.63) is 95.6 Å². The predicted molar refractivity (Wildman–Crippen MR) is 129 cm³/mol. The second-order valence-corrected chi connectivity index (χ2v) is 9.27. The molecule has 3 rings (SSSR count). The third-order valence-electron chi connectivity index (χ3n) is 4.76. The molecule has 0 saturated carbocycles. The van der Waals surface area contributed by atoms with Gasteiger partial charge in [-0.05, 0) is 54.4 Å². The fourth-order valence-electron chi connectivity index (χ4n) is 3.08. The number of carbonyl (C=O) groups is 2. The van der Waals surface area contributed by atoms with Gasteiger partial charge in [0, 0.05) is 13.3 Å². The molecule has 0 radical (unpaired) electrons. The van der Waals surface area contributed by atoms with Gasteiger partial charge >= 0.3 is 5.97 Å². The highest BCUT2D eigenvalue weighted by Crippen LogP contribution is 2.21. The van der Waals surface area contributed by atoms with Gasteiger partial charge in [0.05, 0.1) is 17.2 Å². The maximum atomic E-state index is 12.9. The number of hydrazone groups is 1. The minimum atomic E-state index is -3.85. The number of sulfonamides is 1. The number of hydrogen-bond acceptors (Lipinski definition) is 6. The first kappa shape index (κ1) is 24.8. The van der Waals surface area contributed by atoms with Gasteiger partial charge in [-0.3, -0.25) is 9.59 Å². The molecular formula is C25H25N3O5S. The van der Waals surface area contributed by atoms with Crippen molar-refractivity contribution in [1.29, 1.82) is 0 Å². The molecule has 0 spiro atoms. The van der Waals surface area contributed by atoms with Crippen molar-refractivity contribution in [3.8, 4) is 5.75 Å². The quantitative estimate of drug-likeness (QED) is 0.211. The number of carbonyl (C=O) groups excluding carboxylic acids is 2. The van der Waals surface area contributed by atoms with Crippen LogP contribution >= 0.6 is 0 Å². The molecular weight excluding hydrogens is 454 g/mol. The van der Waals surface area contributed by atoms with E-state index in [0.717, 1.165) is 5.56 Å². The number of hydrogen-bond donors (Lipinski definition) is 2. The minimum Gasteiger partial charge on any atom is -0.427 e. The summed E-state index contributed by atoms with van der Waals surface area (Å²) in [6, 6.07) is 21.1. The van der Waals surface area contributed by atoms with E-state index in [1.807, 2.05) is 13.0 Å².